The third-order valence-corrected chi connectivity index (χ3v) is 5.25. The van der Waals surface area contributed by atoms with Crippen molar-refractivity contribution in [2.75, 3.05) is 13.6 Å². The summed E-state index contributed by atoms with van der Waals surface area (Å²) in [4.78, 5) is 11.2. The van der Waals surface area contributed by atoms with Crippen LogP contribution in [0.1, 0.15) is 46.5 Å². The molecule has 2 aliphatic rings. The lowest BCUT2D eigenvalue weighted by Crippen LogP contribution is -2.50. The molecular formula is C14H26N2O. The Balaban J connectivity index is 1.94. The Morgan fingerprint density at radius 1 is 1.35 bits per heavy atom. The van der Waals surface area contributed by atoms with Gasteiger partial charge in [-0.25, -0.2) is 0 Å². The second-order valence-corrected chi connectivity index (χ2v) is 6.73. The molecule has 0 heterocycles. The number of carbonyl (C=O) groups is 1. The fraction of sp³-hybridized carbons (Fsp3) is 0.929. The predicted octanol–water partition coefficient (Wildman–Crippen LogP) is 1.93. The number of rotatable bonds is 4. The monoisotopic (exact) mass is 238 g/mol. The molecule has 0 spiro atoms. The van der Waals surface area contributed by atoms with Crippen molar-refractivity contribution in [2.24, 2.45) is 16.7 Å². The van der Waals surface area contributed by atoms with Crippen molar-refractivity contribution in [1.82, 2.24) is 10.6 Å². The van der Waals surface area contributed by atoms with Crippen LogP contribution in [-0.2, 0) is 4.79 Å². The number of fused-ring (bicyclic) bond motifs is 2. The maximum atomic E-state index is 11.2. The van der Waals surface area contributed by atoms with Crippen molar-refractivity contribution in [3.05, 3.63) is 0 Å². The Labute approximate surface area is 105 Å². The van der Waals surface area contributed by atoms with E-state index in [9.17, 15) is 4.79 Å². The van der Waals surface area contributed by atoms with Gasteiger partial charge < -0.3 is 10.6 Å². The zero-order chi connectivity index (χ0) is 12.7. The molecule has 17 heavy (non-hydrogen) atoms. The zero-order valence-corrected chi connectivity index (χ0v) is 11.6. The molecule has 0 aliphatic heterocycles. The predicted molar refractivity (Wildman–Crippen MR) is 69.7 cm³/mol. The van der Waals surface area contributed by atoms with Crippen LogP contribution in [0.5, 0.6) is 0 Å². The molecule has 2 saturated carbocycles. The van der Waals surface area contributed by atoms with Crippen molar-refractivity contribution < 1.29 is 4.79 Å². The van der Waals surface area contributed by atoms with Gasteiger partial charge in [0.15, 0.2) is 0 Å². The number of hydrogen-bond donors (Lipinski definition) is 2. The summed E-state index contributed by atoms with van der Waals surface area (Å²) in [5.41, 5.74) is 0.840. The minimum atomic E-state index is 0.128. The van der Waals surface area contributed by atoms with E-state index in [4.69, 9.17) is 0 Å². The highest BCUT2D eigenvalue weighted by molar-refractivity contribution is 5.75. The summed E-state index contributed by atoms with van der Waals surface area (Å²) in [7, 11) is 1.70. The van der Waals surface area contributed by atoms with E-state index in [0.29, 0.717) is 23.3 Å². The topological polar surface area (TPSA) is 41.1 Å². The van der Waals surface area contributed by atoms with E-state index in [1.54, 1.807) is 7.05 Å². The van der Waals surface area contributed by atoms with E-state index in [1.807, 2.05) is 0 Å². The minimum absolute atomic E-state index is 0.128. The molecule has 0 aromatic carbocycles. The van der Waals surface area contributed by atoms with Crippen molar-refractivity contribution in [1.29, 1.82) is 0 Å². The first kappa shape index (κ1) is 12.9. The molecule has 0 aromatic heterocycles. The lowest BCUT2D eigenvalue weighted by atomic mass is 9.68. The van der Waals surface area contributed by atoms with E-state index in [2.05, 4.69) is 31.4 Å². The van der Waals surface area contributed by atoms with Gasteiger partial charge in [0.2, 0.25) is 5.91 Å². The highest BCUT2D eigenvalue weighted by Gasteiger charge is 2.58. The van der Waals surface area contributed by atoms with Crippen LogP contribution in [-0.4, -0.2) is 25.5 Å². The Morgan fingerprint density at radius 3 is 2.59 bits per heavy atom. The molecule has 2 aliphatic carbocycles. The highest BCUT2D eigenvalue weighted by Crippen LogP contribution is 2.62. The summed E-state index contributed by atoms with van der Waals surface area (Å²) in [6.07, 6.45) is 4.68. The van der Waals surface area contributed by atoms with Crippen LogP contribution in [0.2, 0.25) is 0 Å². The SMILES string of the molecule is CNC(=O)CCNC1C2(C)CCC(C2)C1(C)C. The van der Waals surface area contributed by atoms with E-state index in [1.165, 1.54) is 19.3 Å². The van der Waals surface area contributed by atoms with Gasteiger partial charge in [-0.3, -0.25) is 4.79 Å². The normalized spacial score (nSPS) is 38.4. The number of hydrogen-bond acceptors (Lipinski definition) is 2. The van der Waals surface area contributed by atoms with Gasteiger partial charge in [-0.05, 0) is 36.0 Å². The van der Waals surface area contributed by atoms with Gasteiger partial charge in [0.1, 0.15) is 0 Å². The standard InChI is InChI=1S/C14H26N2O/c1-13(2)10-5-7-14(3,9-10)12(13)16-8-6-11(17)15-4/h10,12,16H,5-9H2,1-4H3,(H,15,17). The van der Waals surface area contributed by atoms with Crippen LogP contribution in [0.4, 0.5) is 0 Å². The van der Waals surface area contributed by atoms with Gasteiger partial charge in [0.05, 0.1) is 0 Å². The van der Waals surface area contributed by atoms with Crippen LogP contribution in [0, 0.1) is 16.7 Å². The molecule has 3 heteroatoms. The summed E-state index contributed by atoms with van der Waals surface area (Å²) < 4.78 is 0. The minimum Gasteiger partial charge on any atom is -0.359 e. The lowest BCUT2D eigenvalue weighted by molar-refractivity contribution is -0.120. The lowest BCUT2D eigenvalue weighted by Gasteiger charge is -2.43. The summed E-state index contributed by atoms with van der Waals surface area (Å²) in [6.45, 7) is 7.99. The second-order valence-electron chi connectivity index (χ2n) is 6.73. The summed E-state index contributed by atoms with van der Waals surface area (Å²) in [5, 5.41) is 6.32. The first-order chi connectivity index (χ1) is 7.90. The largest absolute Gasteiger partial charge is 0.359 e. The van der Waals surface area contributed by atoms with Crippen molar-refractivity contribution >= 4 is 5.91 Å². The Morgan fingerprint density at radius 2 is 2.06 bits per heavy atom. The first-order valence-electron chi connectivity index (χ1n) is 6.84. The smallest absolute Gasteiger partial charge is 0.221 e. The second kappa shape index (κ2) is 4.27. The molecule has 1 amide bonds. The quantitative estimate of drug-likeness (QED) is 0.786. The van der Waals surface area contributed by atoms with Crippen molar-refractivity contribution in [3.63, 3.8) is 0 Å². The average molecular weight is 238 g/mol. The fourth-order valence-corrected chi connectivity index (χ4v) is 4.27. The summed E-state index contributed by atoms with van der Waals surface area (Å²) in [6, 6.07) is 0.568. The zero-order valence-electron chi connectivity index (χ0n) is 11.6. The molecule has 2 N–H and O–H groups in total. The van der Waals surface area contributed by atoms with Gasteiger partial charge in [0, 0.05) is 26.1 Å². The third-order valence-electron chi connectivity index (χ3n) is 5.25. The molecule has 3 nitrogen and oxygen atoms in total. The van der Waals surface area contributed by atoms with E-state index < -0.39 is 0 Å². The molecule has 2 bridgehead atoms. The molecule has 0 radical (unpaired) electrons. The van der Waals surface area contributed by atoms with Gasteiger partial charge in [-0.2, -0.15) is 0 Å². The van der Waals surface area contributed by atoms with Gasteiger partial charge in [-0.1, -0.05) is 20.8 Å². The van der Waals surface area contributed by atoms with Gasteiger partial charge in [-0.15, -0.1) is 0 Å². The first-order valence-corrected chi connectivity index (χ1v) is 6.84. The number of carbonyl (C=O) groups excluding carboxylic acids is 1. The van der Waals surface area contributed by atoms with Crippen molar-refractivity contribution in [2.45, 2.75) is 52.5 Å². The summed E-state index contributed by atoms with van der Waals surface area (Å²) >= 11 is 0. The Bertz CT molecular complexity index is 309. The molecule has 3 unspecified atom stereocenters. The van der Waals surface area contributed by atoms with E-state index >= 15 is 0 Å². The van der Waals surface area contributed by atoms with Crippen LogP contribution < -0.4 is 10.6 Å². The van der Waals surface area contributed by atoms with E-state index in [0.717, 1.165) is 12.5 Å². The molecular weight excluding hydrogens is 212 g/mol. The number of amides is 1. The molecule has 3 atom stereocenters. The fourth-order valence-electron chi connectivity index (χ4n) is 4.27. The molecule has 98 valence electrons. The maximum absolute atomic E-state index is 11.2. The van der Waals surface area contributed by atoms with Crippen LogP contribution in [0.25, 0.3) is 0 Å². The molecule has 2 fully saturated rings. The molecule has 2 rings (SSSR count). The summed E-state index contributed by atoms with van der Waals surface area (Å²) in [5.74, 6) is 0.994. The Kier molecular flexibility index (Phi) is 3.23. The van der Waals surface area contributed by atoms with Gasteiger partial charge in [0.25, 0.3) is 0 Å². The van der Waals surface area contributed by atoms with Crippen LogP contribution in [0.3, 0.4) is 0 Å². The van der Waals surface area contributed by atoms with Crippen LogP contribution >= 0.6 is 0 Å². The number of nitrogens with one attached hydrogen (secondary N) is 2. The maximum Gasteiger partial charge on any atom is 0.221 e. The molecule has 0 saturated heterocycles. The average Bonchev–Trinajstić information content (AvgIpc) is 2.73. The van der Waals surface area contributed by atoms with Crippen LogP contribution in [0.15, 0.2) is 0 Å². The highest BCUT2D eigenvalue weighted by atomic mass is 16.1. The Hall–Kier alpha value is -0.570. The van der Waals surface area contributed by atoms with Gasteiger partial charge >= 0.3 is 0 Å². The molecule has 0 aromatic rings. The van der Waals surface area contributed by atoms with Crippen molar-refractivity contribution in [3.8, 4) is 0 Å². The third kappa shape index (κ3) is 2.10. The van der Waals surface area contributed by atoms with E-state index in [-0.39, 0.29) is 5.91 Å².